The molecule has 3 N–H and O–H groups in total. The second kappa shape index (κ2) is 8.11. The van der Waals surface area contributed by atoms with Crippen molar-refractivity contribution in [3.63, 3.8) is 0 Å². The second-order valence-electron chi connectivity index (χ2n) is 6.32. The van der Waals surface area contributed by atoms with Crippen molar-refractivity contribution in [2.45, 2.75) is 52.0 Å². The van der Waals surface area contributed by atoms with Gasteiger partial charge in [-0.2, -0.15) is 0 Å². The molecule has 1 aromatic carbocycles. The molecule has 23 heavy (non-hydrogen) atoms. The number of hydrogen-bond donors (Lipinski definition) is 3. The standard InChI is InChI=1S/C18H26N2O3/c1-3-14-10-16(7-4-12(14)2)20-18(23)17(22)19-15-8-5-13(11-21)6-9-15/h4,7,10,13,15,21H,3,5-6,8-9,11H2,1-2H3,(H,19,22)(H,20,23). The topological polar surface area (TPSA) is 78.4 Å². The van der Waals surface area contributed by atoms with Crippen LogP contribution in [-0.4, -0.2) is 29.6 Å². The molecule has 0 heterocycles. The SMILES string of the molecule is CCc1cc(NC(=O)C(=O)NC2CCC(CO)CC2)ccc1C. The van der Waals surface area contributed by atoms with Crippen LogP contribution < -0.4 is 10.6 Å². The molecule has 1 aromatic rings. The number of carbonyl (C=O) groups is 2. The number of aryl methyl sites for hydroxylation is 2. The predicted molar refractivity (Wildman–Crippen MR) is 90.2 cm³/mol. The first-order chi connectivity index (χ1) is 11.0. The number of carbonyl (C=O) groups excluding carboxylic acids is 2. The van der Waals surface area contributed by atoms with Crippen LogP contribution in [0.4, 0.5) is 5.69 Å². The van der Waals surface area contributed by atoms with Gasteiger partial charge in [0.05, 0.1) is 0 Å². The molecule has 1 aliphatic carbocycles. The van der Waals surface area contributed by atoms with E-state index < -0.39 is 11.8 Å². The molecular formula is C18H26N2O3. The average Bonchev–Trinajstić information content (AvgIpc) is 2.57. The van der Waals surface area contributed by atoms with Gasteiger partial charge in [-0.1, -0.05) is 13.0 Å². The maximum Gasteiger partial charge on any atom is 0.313 e. The van der Waals surface area contributed by atoms with Gasteiger partial charge in [0.25, 0.3) is 0 Å². The molecule has 0 unspecified atom stereocenters. The minimum atomic E-state index is -0.625. The van der Waals surface area contributed by atoms with Gasteiger partial charge in [0, 0.05) is 18.3 Å². The summed E-state index contributed by atoms with van der Waals surface area (Å²) in [5.41, 5.74) is 2.98. The molecule has 0 radical (unpaired) electrons. The number of hydrogen-bond acceptors (Lipinski definition) is 3. The highest BCUT2D eigenvalue weighted by Gasteiger charge is 2.24. The van der Waals surface area contributed by atoms with Crippen molar-refractivity contribution in [1.29, 1.82) is 0 Å². The number of aliphatic hydroxyl groups excluding tert-OH is 1. The van der Waals surface area contributed by atoms with Crippen molar-refractivity contribution in [2.24, 2.45) is 5.92 Å². The van der Waals surface area contributed by atoms with Crippen molar-refractivity contribution in [1.82, 2.24) is 5.32 Å². The summed E-state index contributed by atoms with van der Waals surface area (Å²) in [5, 5.41) is 14.6. The fourth-order valence-corrected chi connectivity index (χ4v) is 3.06. The molecule has 1 fully saturated rings. The zero-order valence-electron chi connectivity index (χ0n) is 13.9. The highest BCUT2D eigenvalue weighted by Crippen LogP contribution is 2.23. The van der Waals surface area contributed by atoms with Gasteiger partial charge >= 0.3 is 11.8 Å². The number of anilines is 1. The first-order valence-electron chi connectivity index (χ1n) is 8.35. The Morgan fingerprint density at radius 2 is 1.87 bits per heavy atom. The van der Waals surface area contributed by atoms with E-state index in [2.05, 4.69) is 17.6 Å². The van der Waals surface area contributed by atoms with E-state index in [1.807, 2.05) is 25.1 Å². The van der Waals surface area contributed by atoms with E-state index in [4.69, 9.17) is 5.11 Å². The molecule has 0 saturated heterocycles. The van der Waals surface area contributed by atoms with E-state index in [-0.39, 0.29) is 12.6 Å². The summed E-state index contributed by atoms with van der Waals surface area (Å²) in [4.78, 5) is 24.0. The van der Waals surface area contributed by atoms with E-state index in [9.17, 15) is 9.59 Å². The maximum absolute atomic E-state index is 12.0. The number of rotatable bonds is 4. The van der Waals surface area contributed by atoms with Gasteiger partial charge in [0.1, 0.15) is 0 Å². The summed E-state index contributed by atoms with van der Waals surface area (Å²) in [7, 11) is 0. The van der Waals surface area contributed by atoms with Crippen LogP contribution in [0.3, 0.4) is 0 Å². The zero-order chi connectivity index (χ0) is 16.8. The molecule has 0 bridgehead atoms. The summed E-state index contributed by atoms with van der Waals surface area (Å²) < 4.78 is 0. The van der Waals surface area contributed by atoms with Crippen LogP contribution in [0.5, 0.6) is 0 Å². The Morgan fingerprint density at radius 3 is 2.48 bits per heavy atom. The minimum absolute atomic E-state index is 0.0280. The molecule has 1 aliphatic rings. The Kier molecular flexibility index (Phi) is 6.16. The molecular weight excluding hydrogens is 292 g/mol. The lowest BCUT2D eigenvalue weighted by Crippen LogP contribution is -2.43. The number of nitrogens with one attached hydrogen (secondary N) is 2. The van der Waals surface area contributed by atoms with E-state index >= 15 is 0 Å². The lowest BCUT2D eigenvalue weighted by atomic mass is 9.86. The fraction of sp³-hybridized carbons (Fsp3) is 0.556. The predicted octanol–water partition coefficient (Wildman–Crippen LogP) is 2.16. The third-order valence-electron chi connectivity index (χ3n) is 4.63. The zero-order valence-corrected chi connectivity index (χ0v) is 13.9. The molecule has 0 aromatic heterocycles. The van der Waals surface area contributed by atoms with Crippen molar-refractivity contribution in [3.05, 3.63) is 29.3 Å². The monoisotopic (exact) mass is 318 g/mol. The van der Waals surface area contributed by atoms with Crippen LogP contribution in [0, 0.1) is 12.8 Å². The minimum Gasteiger partial charge on any atom is -0.396 e. The van der Waals surface area contributed by atoms with E-state index in [0.29, 0.717) is 11.6 Å². The van der Waals surface area contributed by atoms with Gasteiger partial charge in [-0.05, 0) is 68.2 Å². The quantitative estimate of drug-likeness (QED) is 0.744. The van der Waals surface area contributed by atoms with Crippen molar-refractivity contribution in [2.75, 3.05) is 11.9 Å². The fourth-order valence-electron chi connectivity index (χ4n) is 3.06. The van der Waals surface area contributed by atoms with E-state index in [1.54, 1.807) is 0 Å². The summed E-state index contributed by atoms with van der Waals surface area (Å²) in [6.07, 6.45) is 4.29. The van der Waals surface area contributed by atoms with Crippen LogP contribution in [0.2, 0.25) is 0 Å². The van der Waals surface area contributed by atoms with E-state index in [1.165, 1.54) is 5.56 Å². The first kappa shape index (κ1) is 17.5. The van der Waals surface area contributed by atoms with Gasteiger partial charge in [-0.15, -0.1) is 0 Å². The first-order valence-corrected chi connectivity index (χ1v) is 8.35. The molecule has 5 nitrogen and oxygen atoms in total. The Hall–Kier alpha value is -1.88. The molecule has 0 aliphatic heterocycles. The molecule has 2 amide bonds. The van der Waals surface area contributed by atoms with Crippen LogP contribution in [-0.2, 0) is 16.0 Å². The Balaban J connectivity index is 1.87. The van der Waals surface area contributed by atoms with Crippen LogP contribution in [0.1, 0.15) is 43.7 Å². The summed E-state index contributed by atoms with van der Waals surface area (Å²) in [6, 6.07) is 5.70. The Bertz CT molecular complexity index is 563. The lowest BCUT2D eigenvalue weighted by molar-refractivity contribution is -0.136. The Labute approximate surface area is 137 Å². The van der Waals surface area contributed by atoms with Gasteiger partial charge in [-0.3, -0.25) is 9.59 Å². The summed E-state index contributed by atoms with van der Waals surface area (Å²) >= 11 is 0. The average molecular weight is 318 g/mol. The van der Waals surface area contributed by atoms with Crippen LogP contribution >= 0.6 is 0 Å². The lowest BCUT2D eigenvalue weighted by Gasteiger charge is -2.27. The molecule has 1 saturated carbocycles. The summed E-state index contributed by atoms with van der Waals surface area (Å²) in [6.45, 7) is 4.29. The molecule has 0 spiro atoms. The third-order valence-corrected chi connectivity index (χ3v) is 4.63. The number of aliphatic hydroxyl groups is 1. The van der Waals surface area contributed by atoms with Crippen LogP contribution in [0.25, 0.3) is 0 Å². The third kappa shape index (κ3) is 4.79. The van der Waals surface area contributed by atoms with Crippen molar-refractivity contribution < 1.29 is 14.7 Å². The molecule has 126 valence electrons. The van der Waals surface area contributed by atoms with Gasteiger partial charge < -0.3 is 15.7 Å². The molecule has 2 rings (SSSR count). The van der Waals surface area contributed by atoms with Gasteiger partial charge in [0.15, 0.2) is 0 Å². The molecule has 5 heteroatoms. The van der Waals surface area contributed by atoms with Gasteiger partial charge in [0.2, 0.25) is 0 Å². The summed E-state index contributed by atoms with van der Waals surface area (Å²) in [5.74, 6) is -0.881. The van der Waals surface area contributed by atoms with Gasteiger partial charge in [-0.25, -0.2) is 0 Å². The Morgan fingerprint density at radius 1 is 1.17 bits per heavy atom. The number of amides is 2. The van der Waals surface area contributed by atoms with Crippen LogP contribution in [0.15, 0.2) is 18.2 Å². The maximum atomic E-state index is 12.0. The highest BCUT2D eigenvalue weighted by atomic mass is 16.3. The largest absolute Gasteiger partial charge is 0.396 e. The van der Waals surface area contributed by atoms with Crippen molar-refractivity contribution in [3.8, 4) is 0 Å². The number of benzene rings is 1. The smallest absolute Gasteiger partial charge is 0.313 e. The van der Waals surface area contributed by atoms with E-state index in [0.717, 1.165) is 37.7 Å². The normalized spacial score (nSPS) is 20.8. The highest BCUT2D eigenvalue weighted by molar-refractivity contribution is 6.39. The van der Waals surface area contributed by atoms with Crippen molar-refractivity contribution >= 4 is 17.5 Å². The second-order valence-corrected chi connectivity index (χ2v) is 6.32. The molecule has 0 atom stereocenters.